The molecule has 0 spiro atoms. The van der Waals surface area contributed by atoms with E-state index in [-0.39, 0.29) is 17.8 Å². The second-order valence-electron chi connectivity index (χ2n) is 8.06. The van der Waals surface area contributed by atoms with Crippen LogP contribution in [0.1, 0.15) is 59.1 Å². The van der Waals surface area contributed by atoms with Crippen LogP contribution >= 0.6 is 23.2 Å². The molecule has 2 rings (SSSR count). The van der Waals surface area contributed by atoms with E-state index < -0.39 is 8.32 Å². The molecule has 0 bridgehead atoms. The molecule has 1 aliphatic heterocycles. The quantitative estimate of drug-likeness (QED) is 0.460. The van der Waals surface area contributed by atoms with Crippen molar-refractivity contribution in [3.63, 3.8) is 0 Å². The first-order valence-corrected chi connectivity index (χ1v) is 13.4. The van der Waals surface area contributed by atoms with Crippen molar-refractivity contribution in [1.82, 2.24) is 10.3 Å². The molecule has 2 atom stereocenters. The average molecular weight is 433 g/mol. The molecule has 1 saturated heterocycles. The average Bonchev–Trinajstić information content (AvgIpc) is 2.98. The molecule has 27 heavy (non-hydrogen) atoms. The number of nitrogens with zero attached hydrogens (tertiary/aromatic N) is 1. The van der Waals surface area contributed by atoms with Gasteiger partial charge in [0.25, 0.3) is 0 Å². The minimum absolute atomic E-state index is 0.0192. The lowest BCUT2D eigenvalue weighted by molar-refractivity contribution is -0.0149. The fraction of sp³-hybridized carbons (Fsp3) is 0.750. The van der Waals surface area contributed by atoms with Crippen molar-refractivity contribution >= 4 is 31.5 Å². The summed E-state index contributed by atoms with van der Waals surface area (Å²) in [6.45, 7) is 12.5. The fourth-order valence-corrected chi connectivity index (χ4v) is 7.24. The highest BCUT2D eigenvalue weighted by molar-refractivity contribution is 6.73. The Hall–Kier alpha value is -0.173. The van der Waals surface area contributed by atoms with Crippen LogP contribution in [0.15, 0.2) is 12.4 Å². The van der Waals surface area contributed by atoms with Crippen LogP contribution in [-0.4, -0.2) is 38.1 Å². The van der Waals surface area contributed by atoms with Crippen LogP contribution in [0.5, 0.6) is 0 Å². The molecular formula is C20H34Cl2N2O2Si. The molecule has 0 aromatic carbocycles. The van der Waals surface area contributed by atoms with Crippen molar-refractivity contribution in [2.75, 3.05) is 13.1 Å². The number of pyridine rings is 1. The summed E-state index contributed by atoms with van der Waals surface area (Å²) in [4.78, 5) is 4.09. The fourth-order valence-electron chi connectivity index (χ4n) is 3.83. The zero-order chi connectivity index (χ0) is 20.1. The summed E-state index contributed by atoms with van der Waals surface area (Å²) in [7, 11) is -1.82. The summed E-state index contributed by atoms with van der Waals surface area (Å²) >= 11 is 12.9. The van der Waals surface area contributed by atoms with Crippen molar-refractivity contribution in [2.24, 2.45) is 0 Å². The van der Waals surface area contributed by atoms with Gasteiger partial charge >= 0.3 is 0 Å². The molecule has 1 N–H and O–H groups in total. The van der Waals surface area contributed by atoms with Crippen LogP contribution in [0.2, 0.25) is 28.2 Å². The molecule has 1 fully saturated rings. The van der Waals surface area contributed by atoms with Crippen molar-refractivity contribution in [1.29, 1.82) is 0 Å². The molecule has 1 unspecified atom stereocenters. The number of rotatable bonds is 10. The lowest BCUT2D eigenvalue weighted by Gasteiger charge is -2.34. The summed E-state index contributed by atoms with van der Waals surface area (Å²) in [5, 5.41) is 4.68. The SMILES string of the molecule is CC[Si](CC)(CC)OC(CNC[C@H]1CCC(C)(C)O1)c1c(Cl)cncc1Cl. The maximum atomic E-state index is 6.78. The van der Waals surface area contributed by atoms with Crippen LogP contribution in [-0.2, 0) is 9.16 Å². The van der Waals surface area contributed by atoms with Crippen LogP contribution in [0, 0.1) is 0 Å². The Morgan fingerprint density at radius 2 is 1.81 bits per heavy atom. The maximum absolute atomic E-state index is 6.78. The van der Waals surface area contributed by atoms with Crippen LogP contribution in [0.25, 0.3) is 0 Å². The molecule has 154 valence electrons. The predicted octanol–water partition coefficient (Wildman–Crippen LogP) is 6.00. The van der Waals surface area contributed by atoms with Crippen LogP contribution < -0.4 is 5.32 Å². The van der Waals surface area contributed by atoms with E-state index in [9.17, 15) is 0 Å². The highest BCUT2D eigenvalue weighted by Gasteiger charge is 2.35. The Kier molecular flexibility index (Phi) is 8.59. The van der Waals surface area contributed by atoms with Gasteiger partial charge in [-0.3, -0.25) is 4.98 Å². The van der Waals surface area contributed by atoms with Crippen LogP contribution in [0.4, 0.5) is 0 Å². The monoisotopic (exact) mass is 432 g/mol. The van der Waals surface area contributed by atoms with Crippen molar-refractivity contribution < 1.29 is 9.16 Å². The first kappa shape index (κ1) is 23.1. The molecule has 2 heterocycles. The van der Waals surface area contributed by atoms with Gasteiger partial charge in [-0.2, -0.15) is 0 Å². The van der Waals surface area contributed by atoms with E-state index in [1.165, 1.54) is 0 Å². The molecule has 1 aromatic rings. The zero-order valence-corrected chi connectivity index (χ0v) is 19.8. The smallest absolute Gasteiger partial charge is 0.192 e. The van der Waals surface area contributed by atoms with E-state index in [0.717, 1.165) is 43.1 Å². The normalized spacial score (nSPS) is 20.8. The number of hydrogen-bond acceptors (Lipinski definition) is 4. The number of aromatic nitrogens is 1. The molecular weight excluding hydrogens is 399 g/mol. The number of nitrogens with one attached hydrogen (secondary N) is 1. The summed E-state index contributed by atoms with van der Waals surface area (Å²) in [6.07, 6.45) is 5.55. The van der Waals surface area contributed by atoms with Gasteiger partial charge < -0.3 is 14.5 Å². The second-order valence-corrected chi connectivity index (χ2v) is 13.6. The molecule has 0 radical (unpaired) electrons. The van der Waals surface area contributed by atoms with E-state index in [4.69, 9.17) is 32.4 Å². The molecule has 1 aromatic heterocycles. The third-order valence-corrected chi connectivity index (χ3v) is 11.0. The Bertz CT molecular complexity index is 583. The first-order chi connectivity index (χ1) is 12.8. The van der Waals surface area contributed by atoms with E-state index in [1.54, 1.807) is 12.4 Å². The van der Waals surface area contributed by atoms with E-state index >= 15 is 0 Å². The van der Waals surface area contributed by atoms with E-state index in [0.29, 0.717) is 16.6 Å². The van der Waals surface area contributed by atoms with Crippen molar-refractivity contribution in [3.05, 3.63) is 28.0 Å². The van der Waals surface area contributed by atoms with Gasteiger partial charge in [-0.15, -0.1) is 0 Å². The number of ether oxygens (including phenoxy) is 1. The largest absolute Gasteiger partial charge is 0.409 e. The molecule has 4 nitrogen and oxygen atoms in total. The van der Waals surface area contributed by atoms with Gasteiger partial charge in [-0.25, -0.2) is 0 Å². The molecule has 7 heteroatoms. The summed E-state index contributed by atoms with van der Waals surface area (Å²) in [5.41, 5.74) is 0.829. The Morgan fingerprint density at radius 1 is 1.22 bits per heavy atom. The van der Waals surface area contributed by atoms with Crippen LogP contribution in [0.3, 0.4) is 0 Å². The predicted molar refractivity (Wildman–Crippen MR) is 116 cm³/mol. The molecule has 0 aliphatic carbocycles. The maximum Gasteiger partial charge on any atom is 0.192 e. The lowest BCUT2D eigenvalue weighted by atomic mass is 10.1. The topological polar surface area (TPSA) is 43.4 Å². The van der Waals surface area contributed by atoms with Gasteiger partial charge in [-0.05, 0) is 44.8 Å². The van der Waals surface area contributed by atoms with Gasteiger partial charge in [0.15, 0.2) is 8.32 Å². The number of halogens is 2. The molecule has 1 aliphatic rings. The number of hydrogen-bond donors (Lipinski definition) is 1. The standard InChI is InChI=1S/C20H34Cl2N2O2Si/c1-6-27(7-2,8-3)26-18(19-16(21)12-24-13-17(19)22)14-23-11-15-9-10-20(4,5)25-15/h12-13,15,18,23H,6-11,14H2,1-5H3/t15-,18?/m1/s1. The minimum atomic E-state index is -1.82. The summed E-state index contributed by atoms with van der Waals surface area (Å²) in [6, 6.07) is 3.24. The Labute approximate surface area is 175 Å². The van der Waals surface area contributed by atoms with Gasteiger partial charge in [0, 0.05) is 31.0 Å². The summed E-state index contributed by atoms with van der Waals surface area (Å²) in [5.74, 6) is 0. The molecule has 0 amide bonds. The van der Waals surface area contributed by atoms with E-state index in [1.807, 2.05) is 0 Å². The zero-order valence-electron chi connectivity index (χ0n) is 17.3. The van der Waals surface area contributed by atoms with Crippen molar-refractivity contribution in [3.8, 4) is 0 Å². The third kappa shape index (κ3) is 6.15. The second kappa shape index (κ2) is 10.0. The van der Waals surface area contributed by atoms with E-state index in [2.05, 4.69) is 44.9 Å². The highest BCUT2D eigenvalue weighted by Crippen LogP contribution is 2.36. The highest BCUT2D eigenvalue weighted by atomic mass is 35.5. The molecule has 0 saturated carbocycles. The van der Waals surface area contributed by atoms with Gasteiger partial charge in [0.2, 0.25) is 0 Å². The van der Waals surface area contributed by atoms with Crippen molar-refractivity contribution in [2.45, 2.75) is 83.4 Å². The third-order valence-electron chi connectivity index (χ3n) is 5.79. The van der Waals surface area contributed by atoms with Gasteiger partial charge in [0.05, 0.1) is 27.9 Å². The minimum Gasteiger partial charge on any atom is -0.409 e. The Morgan fingerprint density at radius 3 is 2.30 bits per heavy atom. The lowest BCUT2D eigenvalue weighted by Crippen LogP contribution is -2.41. The van der Waals surface area contributed by atoms with Gasteiger partial charge in [0.1, 0.15) is 0 Å². The van der Waals surface area contributed by atoms with Gasteiger partial charge in [-0.1, -0.05) is 44.0 Å². The Balaban J connectivity index is 2.12. The first-order valence-electron chi connectivity index (χ1n) is 10.1. The summed E-state index contributed by atoms with van der Waals surface area (Å²) < 4.78 is 12.9.